The van der Waals surface area contributed by atoms with E-state index in [9.17, 15) is 14.4 Å². The van der Waals surface area contributed by atoms with Gasteiger partial charge in [-0.3, -0.25) is 4.79 Å². The minimum Gasteiger partial charge on any atom is -0.477 e. The molecule has 0 saturated heterocycles. The fourth-order valence-corrected chi connectivity index (χ4v) is 1.54. The van der Waals surface area contributed by atoms with Crippen molar-refractivity contribution in [2.24, 2.45) is 5.73 Å². The van der Waals surface area contributed by atoms with E-state index >= 15 is 0 Å². The zero-order valence-corrected chi connectivity index (χ0v) is 11.1. The Morgan fingerprint density at radius 3 is 2.45 bits per heavy atom. The van der Waals surface area contributed by atoms with Crippen LogP contribution in [0.5, 0.6) is 0 Å². The first-order chi connectivity index (χ1) is 9.19. The van der Waals surface area contributed by atoms with Crippen molar-refractivity contribution in [1.82, 2.24) is 10.3 Å². The van der Waals surface area contributed by atoms with Crippen LogP contribution in [-0.4, -0.2) is 33.5 Å². The van der Waals surface area contributed by atoms with Crippen LogP contribution in [0.3, 0.4) is 0 Å². The molecule has 3 amide bonds. The lowest BCUT2D eigenvalue weighted by Crippen LogP contribution is -2.47. The molecule has 5 N–H and O–H groups in total. The lowest BCUT2D eigenvalue weighted by Gasteiger charge is -2.24. The number of rotatable bonds is 5. The number of nitrogens with two attached hydrogens (primary N) is 1. The van der Waals surface area contributed by atoms with E-state index < -0.39 is 23.4 Å². The van der Waals surface area contributed by atoms with Gasteiger partial charge in [-0.2, -0.15) is 0 Å². The van der Waals surface area contributed by atoms with Crippen LogP contribution in [0, 0.1) is 0 Å². The van der Waals surface area contributed by atoms with E-state index in [1.54, 1.807) is 13.8 Å². The SMILES string of the molecule is CC(C)(CC(N)=O)NC(=O)Nc1ccc(C(=O)O)nc1. The molecule has 0 aliphatic heterocycles. The van der Waals surface area contributed by atoms with Gasteiger partial charge < -0.3 is 21.5 Å². The van der Waals surface area contributed by atoms with Crippen molar-refractivity contribution in [3.63, 3.8) is 0 Å². The van der Waals surface area contributed by atoms with Gasteiger partial charge in [0, 0.05) is 12.0 Å². The number of carbonyl (C=O) groups is 3. The average molecular weight is 280 g/mol. The molecule has 0 atom stereocenters. The van der Waals surface area contributed by atoms with Crippen molar-refractivity contribution in [3.05, 3.63) is 24.0 Å². The molecule has 0 bridgehead atoms. The summed E-state index contributed by atoms with van der Waals surface area (Å²) in [7, 11) is 0. The largest absolute Gasteiger partial charge is 0.477 e. The van der Waals surface area contributed by atoms with Crippen molar-refractivity contribution >= 4 is 23.6 Å². The monoisotopic (exact) mass is 280 g/mol. The van der Waals surface area contributed by atoms with Gasteiger partial charge in [-0.1, -0.05) is 0 Å². The topological polar surface area (TPSA) is 134 Å². The Balaban J connectivity index is 2.62. The van der Waals surface area contributed by atoms with Crippen molar-refractivity contribution in [1.29, 1.82) is 0 Å². The highest BCUT2D eigenvalue weighted by Gasteiger charge is 2.22. The maximum absolute atomic E-state index is 11.7. The minimum absolute atomic E-state index is 0.00335. The van der Waals surface area contributed by atoms with Gasteiger partial charge in [-0.15, -0.1) is 0 Å². The summed E-state index contributed by atoms with van der Waals surface area (Å²) in [5.74, 6) is -1.67. The molecule has 1 aromatic rings. The third-order valence-electron chi connectivity index (χ3n) is 2.31. The van der Waals surface area contributed by atoms with Crippen molar-refractivity contribution in [2.45, 2.75) is 25.8 Å². The maximum atomic E-state index is 11.7. The van der Waals surface area contributed by atoms with Crippen molar-refractivity contribution in [3.8, 4) is 0 Å². The Bertz CT molecular complexity index is 525. The molecule has 1 rings (SSSR count). The number of hydrogen-bond donors (Lipinski definition) is 4. The van der Waals surface area contributed by atoms with Gasteiger partial charge in [0.15, 0.2) is 0 Å². The number of aromatic carboxylic acids is 1. The molecular formula is C12H16N4O4. The molecule has 0 aliphatic rings. The number of urea groups is 1. The van der Waals surface area contributed by atoms with Crippen LogP contribution in [-0.2, 0) is 4.79 Å². The van der Waals surface area contributed by atoms with Gasteiger partial charge in [-0.05, 0) is 26.0 Å². The van der Waals surface area contributed by atoms with Gasteiger partial charge in [-0.25, -0.2) is 14.6 Å². The van der Waals surface area contributed by atoms with Crippen LogP contribution >= 0.6 is 0 Å². The number of pyridine rings is 1. The Morgan fingerprint density at radius 2 is 2.00 bits per heavy atom. The average Bonchev–Trinajstić information content (AvgIpc) is 2.26. The summed E-state index contributed by atoms with van der Waals surface area (Å²) in [4.78, 5) is 36.8. The number of primary amides is 1. The Morgan fingerprint density at radius 1 is 1.35 bits per heavy atom. The van der Waals surface area contributed by atoms with Crippen LogP contribution < -0.4 is 16.4 Å². The minimum atomic E-state index is -1.15. The van der Waals surface area contributed by atoms with Gasteiger partial charge in [0.2, 0.25) is 5.91 Å². The summed E-state index contributed by atoms with van der Waals surface area (Å²) < 4.78 is 0. The van der Waals surface area contributed by atoms with Gasteiger partial charge >= 0.3 is 12.0 Å². The molecule has 8 nitrogen and oxygen atoms in total. The van der Waals surface area contributed by atoms with Crippen LogP contribution in [0.15, 0.2) is 18.3 Å². The Kier molecular flexibility index (Phi) is 4.63. The lowest BCUT2D eigenvalue weighted by molar-refractivity contribution is -0.119. The van der Waals surface area contributed by atoms with E-state index in [-0.39, 0.29) is 12.1 Å². The summed E-state index contributed by atoms with van der Waals surface area (Å²) in [6.07, 6.45) is 1.22. The smallest absolute Gasteiger partial charge is 0.354 e. The van der Waals surface area contributed by atoms with Crippen LogP contribution in [0.2, 0.25) is 0 Å². The first-order valence-electron chi connectivity index (χ1n) is 5.76. The zero-order chi connectivity index (χ0) is 15.3. The van der Waals surface area contributed by atoms with Gasteiger partial charge in [0.05, 0.1) is 11.9 Å². The first kappa shape index (κ1) is 15.4. The summed E-state index contributed by atoms with van der Waals surface area (Å²) in [6.45, 7) is 3.31. The van der Waals surface area contributed by atoms with Crippen LogP contribution in [0.4, 0.5) is 10.5 Å². The van der Waals surface area contributed by atoms with E-state index in [4.69, 9.17) is 10.8 Å². The maximum Gasteiger partial charge on any atom is 0.354 e. The molecule has 0 fully saturated rings. The number of hydrogen-bond acceptors (Lipinski definition) is 4. The number of carboxylic acids is 1. The van der Waals surface area contributed by atoms with Gasteiger partial charge in [0.25, 0.3) is 0 Å². The summed E-state index contributed by atoms with van der Waals surface area (Å²) in [5, 5.41) is 13.7. The molecule has 0 radical (unpaired) electrons. The standard InChI is InChI=1S/C12H16N4O4/c1-12(2,5-9(13)17)16-11(20)15-7-3-4-8(10(18)19)14-6-7/h3-4,6H,5H2,1-2H3,(H2,13,17)(H,18,19)(H2,15,16,20). The highest BCUT2D eigenvalue weighted by Crippen LogP contribution is 2.10. The van der Waals surface area contributed by atoms with E-state index in [0.29, 0.717) is 5.69 Å². The third kappa shape index (κ3) is 4.92. The van der Waals surface area contributed by atoms with E-state index in [1.165, 1.54) is 18.3 Å². The number of carboxylic acid groups (broad SMARTS) is 1. The molecule has 1 aromatic heterocycles. The second kappa shape index (κ2) is 6.00. The number of amides is 3. The van der Waals surface area contributed by atoms with Crippen LogP contribution in [0.1, 0.15) is 30.8 Å². The van der Waals surface area contributed by atoms with E-state index in [0.717, 1.165) is 0 Å². The molecular weight excluding hydrogens is 264 g/mol. The summed E-state index contributed by atoms with van der Waals surface area (Å²) in [6, 6.07) is 2.14. The molecule has 108 valence electrons. The number of nitrogens with one attached hydrogen (secondary N) is 2. The lowest BCUT2D eigenvalue weighted by atomic mass is 10.0. The highest BCUT2D eigenvalue weighted by molar-refractivity contribution is 5.91. The normalized spacial score (nSPS) is 10.7. The molecule has 0 aromatic carbocycles. The van der Waals surface area contributed by atoms with Crippen LogP contribution in [0.25, 0.3) is 0 Å². The number of nitrogens with zero attached hydrogens (tertiary/aromatic N) is 1. The molecule has 8 heteroatoms. The van der Waals surface area contributed by atoms with E-state index in [2.05, 4.69) is 15.6 Å². The second-order valence-electron chi connectivity index (χ2n) is 4.84. The molecule has 20 heavy (non-hydrogen) atoms. The molecule has 0 saturated carbocycles. The Hall–Kier alpha value is -2.64. The Labute approximate surface area is 115 Å². The van der Waals surface area contributed by atoms with Gasteiger partial charge in [0.1, 0.15) is 5.69 Å². The zero-order valence-electron chi connectivity index (χ0n) is 11.1. The molecule has 0 unspecified atom stereocenters. The number of carbonyl (C=O) groups excluding carboxylic acids is 2. The first-order valence-corrected chi connectivity index (χ1v) is 5.76. The summed E-state index contributed by atoms with van der Waals surface area (Å²) in [5.41, 5.74) is 4.50. The third-order valence-corrected chi connectivity index (χ3v) is 2.31. The predicted octanol–water partition coefficient (Wildman–Crippen LogP) is 0.555. The van der Waals surface area contributed by atoms with Crippen molar-refractivity contribution in [2.75, 3.05) is 5.32 Å². The van der Waals surface area contributed by atoms with Crippen molar-refractivity contribution < 1.29 is 19.5 Å². The molecule has 0 aliphatic carbocycles. The highest BCUT2D eigenvalue weighted by atomic mass is 16.4. The number of anilines is 1. The fourth-order valence-electron chi connectivity index (χ4n) is 1.54. The quantitative estimate of drug-likeness (QED) is 0.625. The summed E-state index contributed by atoms with van der Waals surface area (Å²) >= 11 is 0. The predicted molar refractivity (Wildman–Crippen MR) is 71.2 cm³/mol. The van der Waals surface area contributed by atoms with E-state index in [1.807, 2.05) is 0 Å². The molecule has 1 heterocycles. The second-order valence-corrected chi connectivity index (χ2v) is 4.84. The molecule has 0 spiro atoms. The fraction of sp³-hybridized carbons (Fsp3) is 0.333. The number of aromatic nitrogens is 1.